The highest BCUT2D eigenvalue weighted by molar-refractivity contribution is 5.93. The first kappa shape index (κ1) is 18.6. The van der Waals surface area contributed by atoms with Gasteiger partial charge in [-0.1, -0.05) is 6.42 Å². The lowest BCUT2D eigenvalue weighted by atomic mass is 9.74. The number of nitrogens with one attached hydrogen (secondary N) is 1. The summed E-state index contributed by atoms with van der Waals surface area (Å²) < 4.78 is 3.01. The number of amides is 2. The first-order valence-electron chi connectivity index (χ1n) is 10.2. The van der Waals surface area contributed by atoms with E-state index in [9.17, 15) is 9.59 Å². The van der Waals surface area contributed by atoms with Crippen molar-refractivity contribution in [2.24, 2.45) is 5.41 Å². The largest absolute Gasteiger partial charge is 0.347 e. The number of piperidine rings is 1. The van der Waals surface area contributed by atoms with E-state index in [4.69, 9.17) is 0 Å². The number of hydrogen-bond donors (Lipinski definition) is 1. The number of rotatable bonds is 4. The molecule has 0 aromatic carbocycles. The quantitative estimate of drug-likeness (QED) is 0.658. The zero-order valence-electron chi connectivity index (χ0n) is 16.5. The summed E-state index contributed by atoms with van der Waals surface area (Å²) >= 11 is 0. The molecular formula is C19H23N9O2. The van der Waals surface area contributed by atoms with Gasteiger partial charge in [-0.25, -0.2) is 14.2 Å². The van der Waals surface area contributed by atoms with Gasteiger partial charge in [0.1, 0.15) is 18.6 Å². The van der Waals surface area contributed by atoms with Gasteiger partial charge in [0.25, 0.3) is 5.91 Å². The van der Waals surface area contributed by atoms with Gasteiger partial charge in [0.15, 0.2) is 5.65 Å². The van der Waals surface area contributed by atoms with Crippen molar-refractivity contribution in [1.29, 1.82) is 0 Å². The first-order chi connectivity index (χ1) is 14.6. The van der Waals surface area contributed by atoms with Crippen LogP contribution in [0.3, 0.4) is 0 Å². The Morgan fingerprint density at radius 2 is 2.10 bits per heavy atom. The lowest BCUT2D eigenvalue weighted by Crippen LogP contribution is -2.51. The van der Waals surface area contributed by atoms with E-state index in [1.54, 1.807) is 23.0 Å². The second-order valence-electron chi connectivity index (χ2n) is 8.11. The maximum atomic E-state index is 13.0. The van der Waals surface area contributed by atoms with Crippen LogP contribution in [0.25, 0.3) is 5.65 Å². The van der Waals surface area contributed by atoms with Gasteiger partial charge in [0.05, 0.1) is 6.20 Å². The van der Waals surface area contributed by atoms with E-state index in [2.05, 4.69) is 30.9 Å². The van der Waals surface area contributed by atoms with Crippen molar-refractivity contribution in [3.05, 3.63) is 36.5 Å². The molecule has 1 saturated heterocycles. The lowest BCUT2D eigenvalue weighted by Gasteiger charge is -2.43. The molecule has 1 aliphatic heterocycles. The molecule has 1 atom stereocenters. The highest BCUT2D eigenvalue weighted by Gasteiger charge is 2.46. The number of nitrogens with zero attached hydrogens (tertiary/aromatic N) is 8. The monoisotopic (exact) mass is 409 g/mol. The van der Waals surface area contributed by atoms with Crippen LogP contribution in [0.2, 0.25) is 0 Å². The minimum Gasteiger partial charge on any atom is -0.347 e. The molecule has 156 valence electrons. The maximum absolute atomic E-state index is 13.0. The van der Waals surface area contributed by atoms with Crippen molar-refractivity contribution in [3.8, 4) is 0 Å². The molecule has 3 aromatic rings. The van der Waals surface area contributed by atoms with Crippen LogP contribution in [-0.4, -0.2) is 70.7 Å². The Morgan fingerprint density at radius 3 is 2.90 bits per heavy atom. The van der Waals surface area contributed by atoms with Gasteiger partial charge in [-0.2, -0.15) is 5.10 Å². The van der Waals surface area contributed by atoms with Gasteiger partial charge in [-0.05, 0) is 53.7 Å². The third kappa shape index (κ3) is 3.29. The van der Waals surface area contributed by atoms with E-state index < -0.39 is 0 Å². The fourth-order valence-corrected chi connectivity index (χ4v) is 4.87. The second-order valence-corrected chi connectivity index (χ2v) is 8.11. The zero-order chi connectivity index (χ0) is 20.6. The molecule has 11 nitrogen and oxygen atoms in total. The van der Waals surface area contributed by atoms with Crippen LogP contribution >= 0.6 is 0 Å². The van der Waals surface area contributed by atoms with Crippen molar-refractivity contribution in [2.45, 2.75) is 44.7 Å². The average molecular weight is 409 g/mol. The van der Waals surface area contributed by atoms with Gasteiger partial charge in [-0.3, -0.25) is 9.59 Å². The fourth-order valence-electron chi connectivity index (χ4n) is 4.87. The standard InChI is InChI=1S/C19H23N9O2/c29-17(12-27-13-21-24-25-27)26-9-6-19(7-10-26)5-1-3-15(19)23-18(30)14-11-20-16-4-2-8-22-28(14)16/h2,4,8,11,13,15H,1,3,5-7,9-10,12H2,(H,23,30). The van der Waals surface area contributed by atoms with Crippen LogP contribution in [0.5, 0.6) is 0 Å². The number of hydrogen-bond acceptors (Lipinski definition) is 7. The third-order valence-corrected chi connectivity index (χ3v) is 6.52. The molecule has 2 fully saturated rings. The van der Waals surface area contributed by atoms with Gasteiger partial charge in [-0.15, -0.1) is 5.10 Å². The van der Waals surface area contributed by atoms with Gasteiger partial charge in [0, 0.05) is 25.3 Å². The van der Waals surface area contributed by atoms with Crippen molar-refractivity contribution in [3.63, 3.8) is 0 Å². The fraction of sp³-hybridized carbons (Fsp3) is 0.526. The second kappa shape index (κ2) is 7.47. The van der Waals surface area contributed by atoms with E-state index in [1.807, 2.05) is 11.0 Å². The van der Waals surface area contributed by atoms with Gasteiger partial charge >= 0.3 is 0 Å². The number of likely N-dealkylation sites (tertiary alicyclic amines) is 1. The molecule has 1 spiro atoms. The SMILES string of the molecule is O=C(NC1CCCC12CCN(C(=O)Cn1cnnn1)CC2)c1cnc2cccnn12. The van der Waals surface area contributed by atoms with Crippen LogP contribution in [0.15, 0.2) is 30.9 Å². The molecule has 4 heterocycles. The van der Waals surface area contributed by atoms with E-state index in [1.165, 1.54) is 11.0 Å². The number of aromatic nitrogens is 7. The van der Waals surface area contributed by atoms with Crippen molar-refractivity contribution in [1.82, 2.24) is 45.0 Å². The third-order valence-electron chi connectivity index (χ3n) is 6.52. The smallest absolute Gasteiger partial charge is 0.271 e. The minimum absolute atomic E-state index is 0.0209. The average Bonchev–Trinajstić information content (AvgIpc) is 3.50. The maximum Gasteiger partial charge on any atom is 0.271 e. The Hall–Kier alpha value is -3.37. The molecule has 5 rings (SSSR count). The minimum atomic E-state index is -0.148. The Balaban J connectivity index is 1.24. The van der Waals surface area contributed by atoms with Crippen molar-refractivity contribution < 1.29 is 9.59 Å². The Labute approximate surface area is 172 Å². The molecule has 3 aromatic heterocycles. The summed E-state index contributed by atoms with van der Waals surface area (Å²) in [5.74, 6) is -0.128. The highest BCUT2D eigenvalue weighted by Crippen LogP contribution is 2.46. The predicted octanol–water partition coefficient (Wildman–Crippen LogP) is 0.307. The van der Waals surface area contributed by atoms with E-state index in [0.29, 0.717) is 24.4 Å². The number of carbonyl (C=O) groups excluding carboxylic acids is 2. The summed E-state index contributed by atoms with van der Waals surface area (Å²) in [6.07, 6.45) is 9.52. The topological polar surface area (TPSA) is 123 Å². The molecule has 1 unspecified atom stereocenters. The molecule has 1 aliphatic carbocycles. The van der Waals surface area contributed by atoms with Crippen LogP contribution in [-0.2, 0) is 11.3 Å². The lowest BCUT2D eigenvalue weighted by molar-refractivity contribution is -0.134. The van der Waals surface area contributed by atoms with Crippen molar-refractivity contribution >= 4 is 17.5 Å². The number of carbonyl (C=O) groups is 2. The molecule has 2 amide bonds. The summed E-state index contributed by atoms with van der Waals surface area (Å²) in [6.45, 7) is 1.52. The Kier molecular flexibility index (Phi) is 4.64. The van der Waals surface area contributed by atoms with Crippen LogP contribution < -0.4 is 5.32 Å². The normalized spacial score (nSPS) is 20.7. The summed E-state index contributed by atoms with van der Waals surface area (Å²) in [7, 11) is 0. The van der Waals surface area contributed by atoms with Crippen LogP contribution in [0, 0.1) is 5.41 Å². The molecule has 0 bridgehead atoms. The molecule has 2 aliphatic rings. The molecular weight excluding hydrogens is 386 g/mol. The van der Waals surface area contributed by atoms with Gasteiger partial charge in [0.2, 0.25) is 5.91 Å². The Bertz CT molecular complexity index is 1050. The summed E-state index contributed by atoms with van der Waals surface area (Å²) in [5, 5.41) is 18.4. The van der Waals surface area contributed by atoms with Crippen molar-refractivity contribution in [2.75, 3.05) is 13.1 Å². The number of tetrazole rings is 1. The molecule has 1 saturated carbocycles. The van der Waals surface area contributed by atoms with Gasteiger partial charge < -0.3 is 10.2 Å². The first-order valence-corrected chi connectivity index (χ1v) is 10.2. The summed E-state index contributed by atoms with van der Waals surface area (Å²) in [6, 6.07) is 3.71. The van der Waals surface area contributed by atoms with E-state index >= 15 is 0 Å². The zero-order valence-corrected chi connectivity index (χ0v) is 16.5. The summed E-state index contributed by atoms with van der Waals surface area (Å²) in [4.78, 5) is 31.6. The summed E-state index contributed by atoms with van der Waals surface area (Å²) in [5.41, 5.74) is 1.13. The number of imidazole rings is 1. The molecule has 30 heavy (non-hydrogen) atoms. The van der Waals surface area contributed by atoms with E-state index in [-0.39, 0.29) is 29.8 Å². The van der Waals surface area contributed by atoms with Crippen LogP contribution in [0.4, 0.5) is 0 Å². The predicted molar refractivity (Wildman–Crippen MR) is 104 cm³/mol. The van der Waals surface area contributed by atoms with E-state index in [0.717, 1.165) is 32.1 Å². The van der Waals surface area contributed by atoms with Crippen LogP contribution in [0.1, 0.15) is 42.6 Å². The number of fused-ring (bicyclic) bond motifs is 1. The highest BCUT2D eigenvalue weighted by atomic mass is 16.2. The molecule has 0 radical (unpaired) electrons. The molecule has 1 N–H and O–H groups in total. The molecule has 11 heteroatoms. The Morgan fingerprint density at radius 1 is 1.23 bits per heavy atom.